The molecule has 0 radical (unpaired) electrons. The first-order valence-corrected chi connectivity index (χ1v) is 4.31. The minimum Gasteiger partial charge on any atom is -0.383 e. The summed E-state index contributed by atoms with van der Waals surface area (Å²) in [5, 5.41) is 8.82. The van der Waals surface area contributed by atoms with Gasteiger partial charge in [0, 0.05) is 11.6 Å². The Hall–Kier alpha value is -1.93. The van der Waals surface area contributed by atoms with Gasteiger partial charge in [-0.3, -0.25) is 0 Å². The summed E-state index contributed by atoms with van der Waals surface area (Å²) >= 11 is 5.48. The van der Waals surface area contributed by atoms with Gasteiger partial charge in [0.2, 0.25) is 0 Å². The molecule has 0 atom stereocenters. The highest BCUT2D eigenvalue weighted by Gasteiger charge is 2.11. The second-order valence-corrected chi connectivity index (χ2v) is 3.19. The van der Waals surface area contributed by atoms with E-state index < -0.39 is 5.82 Å². The molecule has 0 bridgehead atoms. The van der Waals surface area contributed by atoms with Crippen molar-refractivity contribution in [2.75, 3.05) is 5.73 Å². The van der Waals surface area contributed by atoms with Gasteiger partial charge < -0.3 is 5.73 Å². The van der Waals surface area contributed by atoms with Crippen molar-refractivity contribution < 1.29 is 4.39 Å². The molecule has 0 aromatic carbocycles. The third kappa shape index (κ3) is 1.45. The number of nitriles is 1. The third-order valence-corrected chi connectivity index (χ3v) is 2.17. The molecule has 2 rings (SSSR count). The summed E-state index contributed by atoms with van der Waals surface area (Å²) in [5.41, 5.74) is 5.66. The molecule has 0 unspecified atom stereocenters. The normalized spacial score (nSPS) is 10.2. The zero-order valence-electron chi connectivity index (χ0n) is 7.33. The number of aromatic nitrogens is 2. The lowest BCUT2D eigenvalue weighted by atomic mass is 10.2. The van der Waals surface area contributed by atoms with Crippen molar-refractivity contribution in [3.8, 4) is 6.07 Å². The number of rotatable bonds is 0. The van der Waals surface area contributed by atoms with E-state index in [0.29, 0.717) is 5.39 Å². The van der Waals surface area contributed by atoms with Gasteiger partial charge in [0.25, 0.3) is 0 Å². The maximum atomic E-state index is 13.4. The molecule has 74 valence electrons. The molecule has 2 aromatic rings. The Balaban J connectivity index is 2.89. The van der Waals surface area contributed by atoms with Crippen molar-refractivity contribution in [2.45, 2.75) is 0 Å². The SMILES string of the molecule is N#Cc1cc2cnc(Cl)c(F)c2nc1N. The minimum absolute atomic E-state index is 0.0199. The Kier molecular flexibility index (Phi) is 2.14. The van der Waals surface area contributed by atoms with E-state index in [2.05, 4.69) is 9.97 Å². The number of nitrogens with zero attached hydrogens (tertiary/aromatic N) is 3. The lowest BCUT2D eigenvalue weighted by molar-refractivity contribution is 0.631. The van der Waals surface area contributed by atoms with Crippen LogP contribution in [-0.2, 0) is 0 Å². The van der Waals surface area contributed by atoms with Gasteiger partial charge >= 0.3 is 0 Å². The van der Waals surface area contributed by atoms with Crippen LogP contribution >= 0.6 is 11.6 Å². The van der Waals surface area contributed by atoms with Gasteiger partial charge in [0.15, 0.2) is 11.0 Å². The summed E-state index contributed by atoms with van der Waals surface area (Å²) in [4.78, 5) is 7.37. The maximum absolute atomic E-state index is 13.4. The zero-order chi connectivity index (χ0) is 11.0. The number of fused-ring (bicyclic) bond motifs is 1. The maximum Gasteiger partial charge on any atom is 0.186 e. The molecule has 4 nitrogen and oxygen atoms in total. The van der Waals surface area contributed by atoms with Crippen LogP contribution in [0.25, 0.3) is 10.9 Å². The van der Waals surface area contributed by atoms with Crippen molar-refractivity contribution in [2.24, 2.45) is 0 Å². The van der Waals surface area contributed by atoms with E-state index in [0.717, 1.165) is 0 Å². The second kappa shape index (κ2) is 3.33. The molecule has 0 aliphatic rings. The fourth-order valence-corrected chi connectivity index (χ4v) is 1.33. The van der Waals surface area contributed by atoms with Crippen LogP contribution in [0.1, 0.15) is 5.56 Å². The standard InChI is InChI=1S/C9H4ClFN4/c10-8-6(11)7-5(3-14-8)1-4(2-12)9(13)15-7/h1,3H,(H2,13,15). The summed E-state index contributed by atoms with van der Waals surface area (Å²) in [6.45, 7) is 0. The molecule has 2 aromatic heterocycles. The van der Waals surface area contributed by atoms with Crippen LogP contribution in [0.3, 0.4) is 0 Å². The van der Waals surface area contributed by atoms with Crippen molar-refractivity contribution in [1.82, 2.24) is 9.97 Å². The van der Waals surface area contributed by atoms with Gasteiger partial charge in [-0.05, 0) is 6.07 Å². The van der Waals surface area contributed by atoms with E-state index in [4.69, 9.17) is 22.6 Å². The molecule has 0 aliphatic heterocycles. The van der Waals surface area contributed by atoms with Crippen LogP contribution < -0.4 is 5.73 Å². The van der Waals surface area contributed by atoms with Crippen LogP contribution in [0.4, 0.5) is 10.2 Å². The average Bonchev–Trinajstić information content (AvgIpc) is 2.24. The monoisotopic (exact) mass is 222 g/mol. The Morgan fingerprint density at radius 2 is 2.27 bits per heavy atom. The summed E-state index contributed by atoms with van der Waals surface area (Å²) in [6.07, 6.45) is 1.34. The fourth-order valence-electron chi connectivity index (χ4n) is 1.19. The topological polar surface area (TPSA) is 75.6 Å². The van der Waals surface area contributed by atoms with E-state index in [-0.39, 0.29) is 22.1 Å². The van der Waals surface area contributed by atoms with Crippen molar-refractivity contribution in [3.05, 3.63) is 28.8 Å². The number of nitrogens with two attached hydrogens (primary N) is 1. The molecule has 2 N–H and O–H groups in total. The summed E-state index contributed by atoms with van der Waals surface area (Å²) in [6, 6.07) is 3.27. The van der Waals surface area contributed by atoms with Crippen molar-refractivity contribution in [3.63, 3.8) is 0 Å². The van der Waals surface area contributed by atoms with Crippen LogP contribution in [-0.4, -0.2) is 9.97 Å². The fraction of sp³-hybridized carbons (Fsp3) is 0. The first-order valence-electron chi connectivity index (χ1n) is 3.94. The summed E-state index contributed by atoms with van der Waals surface area (Å²) in [7, 11) is 0. The molecule has 0 saturated heterocycles. The molecule has 0 fully saturated rings. The van der Waals surface area contributed by atoms with E-state index >= 15 is 0 Å². The predicted molar refractivity (Wildman–Crippen MR) is 53.6 cm³/mol. The molecule has 0 spiro atoms. The smallest absolute Gasteiger partial charge is 0.186 e. The number of halogens is 2. The molecule has 0 aliphatic carbocycles. The summed E-state index contributed by atoms with van der Waals surface area (Å²) < 4.78 is 13.4. The molecule has 0 saturated carbocycles. The summed E-state index contributed by atoms with van der Waals surface area (Å²) in [5.74, 6) is -0.753. The Bertz CT molecular complexity index is 591. The molecule has 15 heavy (non-hydrogen) atoms. The minimum atomic E-state index is -0.731. The first kappa shape index (κ1) is 9.62. The second-order valence-electron chi connectivity index (χ2n) is 2.83. The zero-order valence-corrected chi connectivity index (χ0v) is 8.09. The van der Waals surface area contributed by atoms with Gasteiger partial charge in [0.1, 0.15) is 17.4 Å². The number of hydrogen-bond donors (Lipinski definition) is 1. The number of anilines is 1. The highest BCUT2D eigenvalue weighted by molar-refractivity contribution is 6.30. The Morgan fingerprint density at radius 3 is 2.93 bits per heavy atom. The van der Waals surface area contributed by atoms with Crippen molar-refractivity contribution in [1.29, 1.82) is 5.26 Å². The van der Waals surface area contributed by atoms with E-state index in [1.165, 1.54) is 12.3 Å². The number of hydrogen-bond acceptors (Lipinski definition) is 4. The van der Waals surface area contributed by atoms with Gasteiger partial charge in [-0.25, -0.2) is 14.4 Å². The molecular weight excluding hydrogens is 219 g/mol. The van der Waals surface area contributed by atoms with Crippen LogP contribution in [0.15, 0.2) is 12.3 Å². The molecule has 6 heteroatoms. The van der Waals surface area contributed by atoms with E-state index in [1.54, 1.807) is 0 Å². The molecular formula is C9H4ClFN4. The largest absolute Gasteiger partial charge is 0.383 e. The van der Waals surface area contributed by atoms with Gasteiger partial charge in [-0.2, -0.15) is 5.26 Å². The first-order chi connectivity index (χ1) is 7.13. The van der Waals surface area contributed by atoms with Gasteiger partial charge in [-0.1, -0.05) is 11.6 Å². The average molecular weight is 223 g/mol. The molecule has 0 amide bonds. The van der Waals surface area contributed by atoms with Gasteiger partial charge in [-0.15, -0.1) is 0 Å². The number of nitrogen functional groups attached to an aromatic ring is 1. The highest BCUT2D eigenvalue weighted by atomic mass is 35.5. The Labute approximate surface area is 89.1 Å². The van der Waals surface area contributed by atoms with E-state index in [9.17, 15) is 4.39 Å². The lowest BCUT2D eigenvalue weighted by Gasteiger charge is -2.02. The Morgan fingerprint density at radius 1 is 1.53 bits per heavy atom. The molecule has 2 heterocycles. The van der Waals surface area contributed by atoms with E-state index in [1.807, 2.05) is 6.07 Å². The van der Waals surface area contributed by atoms with Crippen LogP contribution in [0, 0.1) is 17.1 Å². The number of pyridine rings is 2. The van der Waals surface area contributed by atoms with Crippen molar-refractivity contribution >= 4 is 28.3 Å². The lowest BCUT2D eigenvalue weighted by Crippen LogP contribution is -1.97. The van der Waals surface area contributed by atoms with Crippen LogP contribution in [0.5, 0.6) is 0 Å². The third-order valence-electron chi connectivity index (χ3n) is 1.91. The van der Waals surface area contributed by atoms with Gasteiger partial charge in [0.05, 0.1) is 5.56 Å². The quantitative estimate of drug-likeness (QED) is 0.691. The highest BCUT2D eigenvalue weighted by Crippen LogP contribution is 2.23. The van der Waals surface area contributed by atoms with Crippen LogP contribution in [0.2, 0.25) is 5.15 Å². The predicted octanol–water partition coefficient (Wildman–Crippen LogP) is 1.88.